The third-order valence-corrected chi connectivity index (χ3v) is 3.92. The molecule has 2 atom stereocenters. The fourth-order valence-corrected chi connectivity index (χ4v) is 2.79. The highest BCUT2D eigenvalue weighted by Gasteiger charge is 2.31. The second-order valence-electron chi connectivity index (χ2n) is 5.50. The smallest absolute Gasteiger partial charge is 0.223 e. The minimum Gasteiger partial charge on any atom is -0.349 e. The number of aromatic nitrogens is 3. The second-order valence-corrected chi connectivity index (χ2v) is 5.50. The summed E-state index contributed by atoms with van der Waals surface area (Å²) in [4.78, 5) is 12.2. The maximum absolute atomic E-state index is 12.2. The SMILES string of the molecule is CC(C)n1cnnc1CNC(=O)[C@@H]1CCC[C@@H]1CN.Cl.Cl. The Balaban J connectivity index is 0.00000200. The minimum atomic E-state index is 0. The normalized spacial score (nSPS) is 20.8. The van der Waals surface area contributed by atoms with E-state index in [0.717, 1.165) is 25.1 Å². The van der Waals surface area contributed by atoms with Crippen LogP contribution in [-0.2, 0) is 11.3 Å². The van der Waals surface area contributed by atoms with Crippen molar-refractivity contribution in [3.05, 3.63) is 12.2 Å². The third kappa shape index (κ3) is 4.83. The molecule has 0 radical (unpaired) electrons. The first-order chi connectivity index (χ1) is 9.13. The molecule has 0 aromatic carbocycles. The van der Waals surface area contributed by atoms with Gasteiger partial charge in [0.15, 0.2) is 5.82 Å². The molecule has 21 heavy (non-hydrogen) atoms. The van der Waals surface area contributed by atoms with Gasteiger partial charge in [0, 0.05) is 12.0 Å². The lowest BCUT2D eigenvalue weighted by Gasteiger charge is -2.17. The van der Waals surface area contributed by atoms with E-state index in [0.29, 0.717) is 25.0 Å². The van der Waals surface area contributed by atoms with Crippen LogP contribution in [-0.4, -0.2) is 27.2 Å². The molecular weight excluding hydrogens is 313 g/mol. The number of nitrogens with two attached hydrogens (primary N) is 1. The van der Waals surface area contributed by atoms with Gasteiger partial charge >= 0.3 is 0 Å². The highest BCUT2D eigenvalue weighted by molar-refractivity contribution is 5.85. The summed E-state index contributed by atoms with van der Waals surface area (Å²) >= 11 is 0. The Morgan fingerprint density at radius 2 is 2.19 bits per heavy atom. The lowest BCUT2D eigenvalue weighted by molar-refractivity contribution is -0.126. The fraction of sp³-hybridized carbons (Fsp3) is 0.769. The number of hydrogen-bond donors (Lipinski definition) is 2. The summed E-state index contributed by atoms with van der Waals surface area (Å²) in [6.07, 6.45) is 4.81. The van der Waals surface area contributed by atoms with Crippen molar-refractivity contribution in [3.8, 4) is 0 Å². The average Bonchev–Trinajstić information content (AvgIpc) is 3.04. The van der Waals surface area contributed by atoms with Crippen LogP contribution in [0.2, 0.25) is 0 Å². The van der Waals surface area contributed by atoms with Gasteiger partial charge in [0.05, 0.1) is 6.54 Å². The number of nitrogens with one attached hydrogen (secondary N) is 1. The molecule has 1 aromatic rings. The Labute approximate surface area is 138 Å². The Morgan fingerprint density at radius 1 is 1.48 bits per heavy atom. The number of halogens is 2. The topological polar surface area (TPSA) is 85.8 Å². The first-order valence-electron chi connectivity index (χ1n) is 6.99. The van der Waals surface area contributed by atoms with Crippen LogP contribution in [0.1, 0.15) is 45.0 Å². The zero-order chi connectivity index (χ0) is 13.8. The average molecular weight is 338 g/mol. The standard InChI is InChI=1S/C13H23N5O.2ClH/c1-9(2)18-8-16-17-12(18)7-15-13(19)11-5-3-4-10(11)6-14;;/h8-11H,3-7,14H2,1-2H3,(H,15,19);2*1H/t10-,11-;;/m1../s1. The van der Waals surface area contributed by atoms with E-state index in [1.54, 1.807) is 6.33 Å². The number of amides is 1. The van der Waals surface area contributed by atoms with E-state index in [-0.39, 0.29) is 36.6 Å². The van der Waals surface area contributed by atoms with Gasteiger partial charge in [-0.05, 0) is 39.2 Å². The van der Waals surface area contributed by atoms with Crippen molar-refractivity contribution < 1.29 is 4.79 Å². The predicted octanol–water partition coefficient (Wildman–Crippen LogP) is 1.69. The summed E-state index contributed by atoms with van der Waals surface area (Å²) in [6.45, 7) is 5.16. The monoisotopic (exact) mass is 337 g/mol. The van der Waals surface area contributed by atoms with E-state index in [1.807, 2.05) is 4.57 Å². The maximum atomic E-state index is 12.2. The van der Waals surface area contributed by atoms with Crippen molar-refractivity contribution in [3.63, 3.8) is 0 Å². The van der Waals surface area contributed by atoms with E-state index < -0.39 is 0 Å². The van der Waals surface area contributed by atoms with Crippen LogP contribution in [0.4, 0.5) is 0 Å². The van der Waals surface area contributed by atoms with Crippen molar-refractivity contribution in [2.45, 2.75) is 45.7 Å². The number of hydrogen-bond acceptors (Lipinski definition) is 4. The van der Waals surface area contributed by atoms with E-state index in [1.165, 1.54) is 0 Å². The van der Waals surface area contributed by atoms with Crippen LogP contribution in [0.25, 0.3) is 0 Å². The summed E-state index contributed by atoms with van der Waals surface area (Å²) < 4.78 is 1.97. The minimum absolute atomic E-state index is 0. The van der Waals surface area contributed by atoms with Crippen molar-refractivity contribution in [1.82, 2.24) is 20.1 Å². The molecule has 2 rings (SSSR count). The highest BCUT2D eigenvalue weighted by Crippen LogP contribution is 2.30. The summed E-state index contributed by atoms with van der Waals surface area (Å²) in [7, 11) is 0. The number of carbonyl (C=O) groups is 1. The fourth-order valence-electron chi connectivity index (χ4n) is 2.79. The van der Waals surface area contributed by atoms with E-state index in [4.69, 9.17) is 5.73 Å². The van der Waals surface area contributed by atoms with E-state index in [9.17, 15) is 4.79 Å². The molecule has 3 N–H and O–H groups in total. The first-order valence-corrected chi connectivity index (χ1v) is 6.99. The Bertz CT molecular complexity index is 438. The Kier molecular flexibility index (Phi) is 8.85. The zero-order valence-electron chi connectivity index (χ0n) is 12.5. The summed E-state index contributed by atoms with van der Waals surface area (Å²) in [6, 6.07) is 0.296. The molecule has 0 spiro atoms. The van der Waals surface area contributed by atoms with Gasteiger partial charge in [-0.2, -0.15) is 0 Å². The number of rotatable bonds is 5. The summed E-state index contributed by atoms with van der Waals surface area (Å²) in [5.41, 5.74) is 5.71. The van der Waals surface area contributed by atoms with Crippen molar-refractivity contribution in [2.24, 2.45) is 17.6 Å². The number of carbonyl (C=O) groups excluding carboxylic acids is 1. The lowest BCUT2D eigenvalue weighted by atomic mass is 9.95. The van der Waals surface area contributed by atoms with Gasteiger partial charge in [-0.1, -0.05) is 6.42 Å². The Hall–Kier alpha value is -0.850. The van der Waals surface area contributed by atoms with Crippen LogP contribution in [0.3, 0.4) is 0 Å². The number of nitrogens with zero attached hydrogens (tertiary/aromatic N) is 3. The molecule has 1 fully saturated rings. The molecule has 1 heterocycles. The summed E-state index contributed by atoms with van der Waals surface area (Å²) in [5, 5.41) is 10.9. The molecule has 0 bridgehead atoms. The second kappa shape index (κ2) is 9.23. The van der Waals surface area contributed by atoms with E-state index in [2.05, 4.69) is 29.4 Å². The lowest BCUT2D eigenvalue weighted by Crippen LogP contribution is -2.35. The van der Waals surface area contributed by atoms with Crippen molar-refractivity contribution in [1.29, 1.82) is 0 Å². The van der Waals surface area contributed by atoms with Gasteiger partial charge in [-0.25, -0.2) is 0 Å². The largest absolute Gasteiger partial charge is 0.349 e. The van der Waals surface area contributed by atoms with Gasteiger partial charge in [0.25, 0.3) is 0 Å². The maximum Gasteiger partial charge on any atom is 0.223 e. The molecule has 0 saturated heterocycles. The van der Waals surface area contributed by atoms with Gasteiger partial charge in [-0.15, -0.1) is 35.0 Å². The molecule has 1 aromatic heterocycles. The van der Waals surface area contributed by atoms with Crippen LogP contribution in [0, 0.1) is 11.8 Å². The van der Waals surface area contributed by atoms with Crippen molar-refractivity contribution in [2.75, 3.05) is 6.54 Å². The molecule has 122 valence electrons. The molecular formula is C13H25Cl2N5O. The zero-order valence-corrected chi connectivity index (χ0v) is 14.1. The van der Waals surface area contributed by atoms with Crippen LogP contribution < -0.4 is 11.1 Å². The Morgan fingerprint density at radius 3 is 2.81 bits per heavy atom. The van der Waals surface area contributed by atoms with Gasteiger partial charge in [0.2, 0.25) is 5.91 Å². The van der Waals surface area contributed by atoms with Crippen LogP contribution in [0.15, 0.2) is 6.33 Å². The molecule has 1 amide bonds. The molecule has 1 aliphatic carbocycles. The predicted molar refractivity (Wildman–Crippen MR) is 86.6 cm³/mol. The molecule has 1 saturated carbocycles. The van der Waals surface area contributed by atoms with Crippen LogP contribution >= 0.6 is 24.8 Å². The third-order valence-electron chi connectivity index (χ3n) is 3.92. The molecule has 8 heteroatoms. The molecule has 1 aliphatic rings. The van der Waals surface area contributed by atoms with Crippen LogP contribution in [0.5, 0.6) is 0 Å². The molecule has 0 unspecified atom stereocenters. The molecule has 0 aliphatic heterocycles. The van der Waals surface area contributed by atoms with Gasteiger partial charge < -0.3 is 15.6 Å². The first kappa shape index (κ1) is 20.1. The van der Waals surface area contributed by atoms with E-state index >= 15 is 0 Å². The van der Waals surface area contributed by atoms with Crippen molar-refractivity contribution >= 4 is 30.7 Å². The van der Waals surface area contributed by atoms with Gasteiger partial charge in [-0.3, -0.25) is 4.79 Å². The van der Waals surface area contributed by atoms with Gasteiger partial charge in [0.1, 0.15) is 6.33 Å². The summed E-state index contributed by atoms with van der Waals surface area (Å²) in [5.74, 6) is 1.31. The highest BCUT2D eigenvalue weighted by atomic mass is 35.5. The molecule has 6 nitrogen and oxygen atoms in total. The quantitative estimate of drug-likeness (QED) is 0.856.